The minimum absolute atomic E-state index is 0. The number of nitriles is 2. The Labute approximate surface area is 144 Å². The minimum atomic E-state index is -3.72. The molecule has 8 heteroatoms. The maximum Gasteiger partial charge on any atom is 1.00 e. The molecule has 0 radical (unpaired) electrons. The van der Waals surface area contributed by atoms with Crippen LogP contribution in [0, 0.1) is 22.7 Å². The van der Waals surface area contributed by atoms with Crippen LogP contribution < -0.4 is 51.4 Å². The Hall–Kier alpha value is 0.0664. The van der Waals surface area contributed by atoms with Gasteiger partial charge in [-0.2, -0.15) is 10.5 Å². The molecule has 0 aliphatic rings. The van der Waals surface area contributed by atoms with E-state index in [9.17, 15) is 8.42 Å². The first-order valence-electron chi connectivity index (χ1n) is 4.39. The Bertz CT molecular complexity index is 382. The molecule has 0 saturated heterocycles. The number of rotatable bonds is 8. The van der Waals surface area contributed by atoms with Crippen LogP contribution in [0.1, 0.15) is 0 Å². The predicted molar refractivity (Wildman–Crippen MR) is 55.8 cm³/mol. The fourth-order valence-corrected chi connectivity index (χ4v) is 1.68. The molecule has 0 rings (SSSR count). The van der Waals surface area contributed by atoms with E-state index in [0.717, 1.165) is 0 Å². The van der Waals surface area contributed by atoms with Crippen molar-refractivity contribution in [3.63, 3.8) is 0 Å². The van der Waals surface area contributed by atoms with Gasteiger partial charge in [-0.05, 0) is 0 Å². The van der Waals surface area contributed by atoms with Gasteiger partial charge in [0.25, 0.3) is 0 Å². The summed E-state index contributed by atoms with van der Waals surface area (Å²) in [6.45, 7) is 3.76. The Morgan fingerprint density at radius 1 is 1.24 bits per heavy atom. The molecule has 0 unspecified atom stereocenters. The van der Waals surface area contributed by atoms with E-state index < -0.39 is 15.1 Å². The first kappa shape index (κ1) is 19.4. The molecule has 0 aliphatic heterocycles. The largest absolute Gasteiger partial charge is 1.00 e. The number of sulfone groups is 1. The van der Waals surface area contributed by atoms with Crippen molar-refractivity contribution in [1.29, 1.82) is 10.5 Å². The number of ether oxygens (including phenoxy) is 2. The van der Waals surface area contributed by atoms with Crippen molar-refractivity contribution in [3.05, 3.63) is 12.8 Å². The second-order valence-corrected chi connectivity index (χ2v) is 4.86. The van der Waals surface area contributed by atoms with Crippen molar-refractivity contribution in [1.82, 2.24) is 0 Å². The van der Waals surface area contributed by atoms with Gasteiger partial charge in [0, 0.05) is 0 Å². The summed E-state index contributed by atoms with van der Waals surface area (Å²) in [5, 5.41) is 15.2. The fraction of sp³-hybridized carbons (Fsp3) is 0.556. The average molecular weight is 283 g/mol. The summed E-state index contributed by atoms with van der Waals surface area (Å²) >= 11 is 0. The SMILES string of the molecule is C=COCCOCCS(=O)(=O)C(C#N)C#N.[K+]. The molecule has 0 heterocycles. The van der Waals surface area contributed by atoms with Gasteiger partial charge in [0.2, 0.25) is 5.25 Å². The molecule has 88 valence electrons. The zero-order chi connectivity index (χ0) is 12.4. The predicted octanol–water partition coefficient (Wildman–Crippen LogP) is -3.00. The van der Waals surface area contributed by atoms with E-state index >= 15 is 0 Å². The van der Waals surface area contributed by atoms with Gasteiger partial charge in [-0.3, -0.25) is 0 Å². The topological polar surface area (TPSA) is 100 Å². The third kappa shape index (κ3) is 8.74. The van der Waals surface area contributed by atoms with E-state index in [1.54, 1.807) is 0 Å². The Morgan fingerprint density at radius 3 is 2.29 bits per heavy atom. The van der Waals surface area contributed by atoms with Gasteiger partial charge in [0.15, 0.2) is 9.84 Å². The summed E-state index contributed by atoms with van der Waals surface area (Å²) in [6.07, 6.45) is 1.25. The van der Waals surface area contributed by atoms with Gasteiger partial charge < -0.3 is 9.47 Å². The molecule has 0 atom stereocenters. The van der Waals surface area contributed by atoms with E-state index in [4.69, 9.17) is 20.0 Å². The molecular formula is C9H12KN2O4S+. The molecule has 17 heavy (non-hydrogen) atoms. The summed E-state index contributed by atoms with van der Waals surface area (Å²) in [4.78, 5) is 0. The quantitative estimate of drug-likeness (QED) is 0.267. The van der Waals surface area contributed by atoms with Crippen molar-refractivity contribution in [2.45, 2.75) is 5.25 Å². The van der Waals surface area contributed by atoms with E-state index in [-0.39, 0.29) is 77.0 Å². The monoisotopic (exact) mass is 283 g/mol. The zero-order valence-corrected chi connectivity index (χ0v) is 13.6. The number of nitrogens with zero attached hydrogens (tertiary/aromatic N) is 2. The summed E-state index contributed by atoms with van der Waals surface area (Å²) in [7, 11) is -3.72. The molecule has 0 amide bonds. The normalized spacial score (nSPS) is 9.82. The van der Waals surface area contributed by atoms with Crippen LogP contribution in [0.3, 0.4) is 0 Å². The van der Waals surface area contributed by atoms with Crippen LogP contribution in [0.4, 0.5) is 0 Å². The molecule has 0 aromatic carbocycles. The second kappa shape index (κ2) is 11.2. The van der Waals surface area contributed by atoms with Crippen LogP contribution in [0.5, 0.6) is 0 Å². The van der Waals surface area contributed by atoms with Crippen LogP contribution in [0.2, 0.25) is 0 Å². The summed E-state index contributed by atoms with van der Waals surface area (Å²) < 4.78 is 32.3. The average Bonchev–Trinajstić information content (AvgIpc) is 2.24. The Morgan fingerprint density at radius 2 is 1.82 bits per heavy atom. The maximum absolute atomic E-state index is 11.3. The molecule has 0 fully saturated rings. The molecule has 0 aromatic heterocycles. The second-order valence-electron chi connectivity index (χ2n) is 2.66. The van der Waals surface area contributed by atoms with Crippen LogP contribution >= 0.6 is 0 Å². The van der Waals surface area contributed by atoms with Crippen molar-refractivity contribution in [2.75, 3.05) is 25.6 Å². The van der Waals surface area contributed by atoms with E-state index in [2.05, 4.69) is 6.58 Å². The summed E-state index contributed by atoms with van der Waals surface area (Å²) in [6, 6.07) is 2.82. The van der Waals surface area contributed by atoms with E-state index in [1.807, 2.05) is 0 Å². The molecule has 0 spiro atoms. The van der Waals surface area contributed by atoms with Crippen molar-refractivity contribution < 1.29 is 69.3 Å². The van der Waals surface area contributed by atoms with Crippen LogP contribution in [0.25, 0.3) is 0 Å². The van der Waals surface area contributed by atoms with Crippen molar-refractivity contribution >= 4 is 9.84 Å². The van der Waals surface area contributed by atoms with Gasteiger partial charge in [0.1, 0.15) is 6.61 Å². The van der Waals surface area contributed by atoms with Gasteiger partial charge in [-0.25, -0.2) is 8.42 Å². The first-order chi connectivity index (χ1) is 7.58. The molecule has 0 saturated carbocycles. The minimum Gasteiger partial charge on any atom is -0.499 e. The Kier molecular flexibility index (Phi) is 12.8. The molecular weight excluding hydrogens is 271 g/mol. The van der Waals surface area contributed by atoms with Crippen LogP contribution in [-0.2, 0) is 19.3 Å². The van der Waals surface area contributed by atoms with Gasteiger partial charge >= 0.3 is 51.4 Å². The summed E-state index contributed by atoms with van der Waals surface area (Å²) in [5.74, 6) is -0.354. The van der Waals surface area contributed by atoms with Crippen LogP contribution in [0.15, 0.2) is 12.8 Å². The van der Waals surface area contributed by atoms with Crippen molar-refractivity contribution in [3.8, 4) is 12.1 Å². The third-order valence-electron chi connectivity index (χ3n) is 1.57. The first-order valence-corrected chi connectivity index (χ1v) is 6.11. The third-order valence-corrected chi connectivity index (χ3v) is 3.23. The number of hydrogen-bond donors (Lipinski definition) is 0. The summed E-state index contributed by atoms with van der Waals surface area (Å²) in [5.41, 5.74) is 0. The van der Waals surface area contributed by atoms with Gasteiger partial charge in [-0.1, -0.05) is 6.58 Å². The number of hydrogen-bond acceptors (Lipinski definition) is 6. The smallest absolute Gasteiger partial charge is 0.499 e. The molecule has 0 aromatic rings. The zero-order valence-electron chi connectivity index (χ0n) is 9.63. The standard InChI is InChI=1S/C9H12N2O4S.K/c1-2-14-3-4-15-5-6-16(12,13)9(7-10)8-11;/h2,9H,1,3-6H2;/q;+1. The maximum atomic E-state index is 11.3. The fourth-order valence-electron chi connectivity index (χ4n) is 0.775. The molecule has 0 N–H and O–H groups in total. The molecule has 6 nitrogen and oxygen atoms in total. The van der Waals surface area contributed by atoms with Gasteiger partial charge in [0.05, 0.1) is 37.4 Å². The molecule has 0 bridgehead atoms. The van der Waals surface area contributed by atoms with E-state index in [0.29, 0.717) is 0 Å². The van der Waals surface area contributed by atoms with Gasteiger partial charge in [-0.15, -0.1) is 0 Å². The van der Waals surface area contributed by atoms with Crippen molar-refractivity contribution in [2.24, 2.45) is 0 Å². The Balaban J connectivity index is 0. The van der Waals surface area contributed by atoms with E-state index in [1.165, 1.54) is 18.4 Å². The van der Waals surface area contributed by atoms with Crippen LogP contribution in [-0.4, -0.2) is 39.2 Å². The molecule has 0 aliphatic carbocycles.